The summed E-state index contributed by atoms with van der Waals surface area (Å²) >= 11 is 0. The van der Waals surface area contributed by atoms with Crippen LogP contribution in [-0.2, 0) is 10.0 Å². The Bertz CT molecular complexity index is 829. The van der Waals surface area contributed by atoms with Crippen LogP contribution in [0.2, 0.25) is 0 Å². The molecule has 2 rings (SSSR count). The van der Waals surface area contributed by atoms with Crippen LogP contribution in [0, 0.1) is 17.0 Å². The van der Waals surface area contributed by atoms with Gasteiger partial charge >= 0.3 is 0 Å². The van der Waals surface area contributed by atoms with Crippen molar-refractivity contribution in [3.63, 3.8) is 0 Å². The predicted molar refractivity (Wildman–Crippen MR) is 89.0 cm³/mol. The van der Waals surface area contributed by atoms with E-state index in [2.05, 4.69) is 6.58 Å². The van der Waals surface area contributed by atoms with E-state index in [-0.39, 0.29) is 17.1 Å². The fraction of sp³-hybridized carbons (Fsp3) is 0.125. The highest BCUT2D eigenvalue weighted by Gasteiger charge is 2.25. The Hall–Kier alpha value is -2.67. The molecule has 0 aromatic heterocycles. The third kappa shape index (κ3) is 3.57. The Morgan fingerprint density at radius 2 is 1.87 bits per heavy atom. The second-order valence-electron chi connectivity index (χ2n) is 4.91. The number of nitro groups is 1. The summed E-state index contributed by atoms with van der Waals surface area (Å²) in [5.41, 5.74) is 1.20. The molecule has 0 heterocycles. The zero-order chi connectivity index (χ0) is 17.0. The number of hydrogen-bond acceptors (Lipinski definition) is 4. The third-order valence-electron chi connectivity index (χ3n) is 3.23. The Kier molecular flexibility index (Phi) is 4.80. The Labute approximate surface area is 134 Å². The van der Waals surface area contributed by atoms with Gasteiger partial charge in [0.1, 0.15) is 0 Å². The number of rotatable bonds is 6. The summed E-state index contributed by atoms with van der Waals surface area (Å²) in [7, 11) is -3.93. The maximum Gasteiger partial charge on any atom is 0.270 e. The van der Waals surface area contributed by atoms with E-state index in [0.29, 0.717) is 5.69 Å². The maximum atomic E-state index is 12.8. The van der Waals surface area contributed by atoms with Gasteiger partial charge in [0.25, 0.3) is 15.7 Å². The number of nitrogens with zero attached hydrogens (tertiary/aromatic N) is 2. The lowest BCUT2D eigenvalue weighted by Crippen LogP contribution is -2.31. The quantitative estimate of drug-likeness (QED) is 0.462. The van der Waals surface area contributed by atoms with Crippen molar-refractivity contribution in [1.82, 2.24) is 0 Å². The standard InChI is InChI=1S/C16H16N2O4S/c1-3-11-17(14-9-7-13(2)8-10-14)23(21,22)16-6-4-5-15(12-16)18(19)20/h3-10,12H,1,11H2,2H3. The Balaban J connectivity index is 2.52. The molecule has 0 amide bonds. The zero-order valence-electron chi connectivity index (χ0n) is 12.5. The van der Waals surface area contributed by atoms with Gasteiger partial charge in [-0.2, -0.15) is 0 Å². The van der Waals surface area contributed by atoms with Gasteiger partial charge in [0, 0.05) is 12.1 Å². The number of non-ortho nitro benzene ring substituents is 1. The minimum atomic E-state index is -3.93. The number of benzene rings is 2. The number of hydrogen-bond donors (Lipinski definition) is 0. The van der Waals surface area contributed by atoms with Gasteiger partial charge in [-0.3, -0.25) is 14.4 Å². The van der Waals surface area contributed by atoms with E-state index in [0.717, 1.165) is 11.6 Å². The van der Waals surface area contributed by atoms with E-state index >= 15 is 0 Å². The van der Waals surface area contributed by atoms with Crippen LogP contribution in [0.15, 0.2) is 66.1 Å². The molecule has 0 aliphatic heterocycles. The smallest absolute Gasteiger partial charge is 0.263 e. The normalized spacial score (nSPS) is 11.0. The summed E-state index contributed by atoms with van der Waals surface area (Å²) in [5, 5.41) is 10.9. The number of aryl methyl sites for hydroxylation is 1. The first kappa shape index (κ1) is 16.7. The van der Waals surface area contributed by atoms with Gasteiger partial charge < -0.3 is 0 Å². The summed E-state index contributed by atoms with van der Waals surface area (Å²) in [4.78, 5) is 10.1. The Morgan fingerprint density at radius 1 is 1.22 bits per heavy atom. The molecule has 0 bridgehead atoms. The first-order valence-corrected chi connectivity index (χ1v) is 8.25. The predicted octanol–water partition coefficient (Wildman–Crippen LogP) is 3.28. The van der Waals surface area contributed by atoms with E-state index in [9.17, 15) is 18.5 Å². The minimum Gasteiger partial charge on any atom is -0.263 e. The van der Waals surface area contributed by atoms with Gasteiger partial charge in [0.2, 0.25) is 0 Å². The van der Waals surface area contributed by atoms with Gasteiger partial charge in [-0.05, 0) is 25.1 Å². The first-order valence-electron chi connectivity index (χ1n) is 6.81. The second kappa shape index (κ2) is 6.62. The van der Waals surface area contributed by atoms with Crippen molar-refractivity contribution in [1.29, 1.82) is 0 Å². The van der Waals surface area contributed by atoms with Crippen molar-refractivity contribution in [2.24, 2.45) is 0 Å². The molecular weight excluding hydrogens is 316 g/mol. The fourth-order valence-corrected chi connectivity index (χ4v) is 3.53. The topological polar surface area (TPSA) is 80.5 Å². The highest BCUT2D eigenvalue weighted by Crippen LogP contribution is 2.26. The highest BCUT2D eigenvalue weighted by molar-refractivity contribution is 7.92. The molecule has 0 atom stereocenters. The molecule has 7 heteroatoms. The van der Waals surface area contributed by atoms with E-state index in [1.54, 1.807) is 24.3 Å². The van der Waals surface area contributed by atoms with Gasteiger partial charge in [-0.15, -0.1) is 6.58 Å². The molecule has 0 saturated heterocycles. The summed E-state index contributed by atoms with van der Waals surface area (Å²) in [6, 6.07) is 12.0. The maximum absolute atomic E-state index is 12.8. The van der Waals surface area contributed by atoms with Crippen LogP contribution in [0.25, 0.3) is 0 Å². The lowest BCUT2D eigenvalue weighted by molar-refractivity contribution is -0.385. The number of anilines is 1. The summed E-state index contributed by atoms with van der Waals surface area (Å²) in [6.07, 6.45) is 1.47. The molecule has 0 saturated carbocycles. The Morgan fingerprint density at radius 3 is 2.43 bits per heavy atom. The van der Waals surface area contributed by atoms with E-state index in [1.165, 1.54) is 28.6 Å². The molecule has 23 heavy (non-hydrogen) atoms. The van der Waals surface area contributed by atoms with E-state index in [4.69, 9.17) is 0 Å². The van der Waals surface area contributed by atoms with Gasteiger partial charge in [-0.25, -0.2) is 8.42 Å². The second-order valence-corrected chi connectivity index (χ2v) is 6.78. The van der Waals surface area contributed by atoms with Crippen molar-refractivity contribution < 1.29 is 13.3 Å². The SMILES string of the molecule is C=CCN(c1ccc(C)cc1)S(=O)(=O)c1cccc([N+](=O)[O-])c1. The van der Waals surface area contributed by atoms with Crippen LogP contribution in [0.3, 0.4) is 0 Å². The third-order valence-corrected chi connectivity index (χ3v) is 5.02. The summed E-state index contributed by atoms with van der Waals surface area (Å²) < 4.78 is 26.8. The van der Waals surface area contributed by atoms with Crippen LogP contribution in [0.1, 0.15) is 5.56 Å². The van der Waals surface area contributed by atoms with E-state index in [1.807, 2.05) is 6.92 Å². The van der Waals surface area contributed by atoms with Crippen LogP contribution in [-0.4, -0.2) is 19.9 Å². The molecule has 120 valence electrons. The van der Waals surface area contributed by atoms with Crippen molar-refractivity contribution in [3.05, 3.63) is 76.9 Å². The zero-order valence-corrected chi connectivity index (χ0v) is 13.4. The van der Waals surface area contributed by atoms with E-state index < -0.39 is 14.9 Å². The van der Waals surface area contributed by atoms with Gasteiger partial charge in [0.05, 0.1) is 22.1 Å². The molecule has 2 aromatic carbocycles. The highest BCUT2D eigenvalue weighted by atomic mass is 32.2. The van der Waals surface area contributed by atoms with Crippen molar-refractivity contribution >= 4 is 21.4 Å². The van der Waals surface area contributed by atoms with Crippen molar-refractivity contribution in [3.8, 4) is 0 Å². The molecule has 0 aliphatic rings. The molecule has 0 aliphatic carbocycles. The van der Waals surface area contributed by atoms with Gasteiger partial charge in [0.15, 0.2) is 0 Å². The number of sulfonamides is 1. The molecule has 0 fully saturated rings. The molecule has 0 N–H and O–H groups in total. The van der Waals surface area contributed by atoms with Crippen molar-refractivity contribution in [2.45, 2.75) is 11.8 Å². The molecule has 0 spiro atoms. The molecule has 6 nitrogen and oxygen atoms in total. The summed E-state index contributed by atoms with van der Waals surface area (Å²) in [6.45, 7) is 5.55. The lowest BCUT2D eigenvalue weighted by Gasteiger charge is -2.23. The largest absolute Gasteiger partial charge is 0.270 e. The van der Waals surface area contributed by atoms with Crippen LogP contribution >= 0.6 is 0 Å². The average Bonchev–Trinajstić information content (AvgIpc) is 2.53. The lowest BCUT2D eigenvalue weighted by atomic mass is 10.2. The molecular formula is C16H16N2O4S. The van der Waals surface area contributed by atoms with Crippen LogP contribution < -0.4 is 4.31 Å². The van der Waals surface area contributed by atoms with Gasteiger partial charge in [-0.1, -0.05) is 29.8 Å². The molecule has 0 radical (unpaired) electrons. The monoisotopic (exact) mass is 332 g/mol. The molecule has 0 unspecified atom stereocenters. The van der Waals surface area contributed by atoms with Crippen molar-refractivity contribution in [2.75, 3.05) is 10.8 Å². The average molecular weight is 332 g/mol. The number of nitro benzene ring substituents is 1. The minimum absolute atomic E-state index is 0.0636. The van der Waals surface area contributed by atoms with Crippen LogP contribution in [0.5, 0.6) is 0 Å². The fourth-order valence-electron chi connectivity index (χ4n) is 2.06. The molecule has 2 aromatic rings. The first-order chi connectivity index (χ1) is 10.9. The summed E-state index contributed by atoms with van der Waals surface area (Å²) in [5.74, 6) is 0. The van der Waals surface area contributed by atoms with Crippen LogP contribution in [0.4, 0.5) is 11.4 Å².